The van der Waals surface area contributed by atoms with Gasteiger partial charge in [-0.25, -0.2) is 4.39 Å². The zero-order valence-corrected chi connectivity index (χ0v) is 8.91. The fraction of sp³-hybridized carbons (Fsp3) is 0.167. The molecule has 0 radical (unpaired) electrons. The number of halogens is 4. The van der Waals surface area contributed by atoms with Crippen molar-refractivity contribution < 1.29 is 27.1 Å². The van der Waals surface area contributed by atoms with Crippen LogP contribution < -0.4 is 0 Å². The van der Waals surface area contributed by atoms with Crippen LogP contribution in [0.1, 0.15) is 22.8 Å². The summed E-state index contributed by atoms with van der Waals surface area (Å²) in [6.07, 6.45) is -3.70. The maximum absolute atomic E-state index is 13.4. The van der Waals surface area contributed by atoms with E-state index in [4.69, 9.17) is 0 Å². The van der Waals surface area contributed by atoms with E-state index in [1.807, 2.05) is 0 Å². The van der Waals surface area contributed by atoms with Crippen LogP contribution >= 0.6 is 0 Å². The first-order valence-corrected chi connectivity index (χ1v) is 4.96. The summed E-state index contributed by atoms with van der Waals surface area (Å²) in [5, 5.41) is 9.78. The van der Waals surface area contributed by atoms with Gasteiger partial charge in [0.2, 0.25) is 0 Å². The van der Waals surface area contributed by atoms with Gasteiger partial charge in [-0.05, 0) is 24.3 Å². The first-order chi connectivity index (χ1) is 8.39. The summed E-state index contributed by atoms with van der Waals surface area (Å²) in [6, 6.07) is 3.25. The van der Waals surface area contributed by atoms with Crippen LogP contribution in [0.5, 0.6) is 0 Å². The van der Waals surface area contributed by atoms with Gasteiger partial charge in [-0.1, -0.05) is 0 Å². The van der Waals surface area contributed by atoms with Crippen molar-refractivity contribution >= 4 is 0 Å². The molecule has 18 heavy (non-hydrogen) atoms. The summed E-state index contributed by atoms with van der Waals surface area (Å²) in [5.41, 5.74) is -1.26. The average Bonchev–Trinajstić information content (AvgIpc) is 2.80. The van der Waals surface area contributed by atoms with Gasteiger partial charge in [0, 0.05) is 11.1 Å². The monoisotopic (exact) mass is 260 g/mol. The molecule has 1 heterocycles. The van der Waals surface area contributed by atoms with Crippen LogP contribution in [0.25, 0.3) is 0 Å². The van der Waals surface area contributed by atoms with E-state index in [0.29, 0.717) is 18.2 Å². The third-order valence-corrected chi connectivity index (χ3v) is 2.48. The minimum Gasteiger partial charge on any atom is -0.472 e. The average molecular weight is 260 g/mol. The number of alkyl halides is 3. The fourth-order valence-corrected chi connectivity index (χ4v) is 1.54. The Hall–Kier alpha value is -1.82. The maximum Gasteiger partial charge on any atom is 0.416 e. The summed E-state index contributed by atoms with van der Waals surface area (Å²) >= 11 is 0. The van der Waals surface area contributed by atoms with Crippen LogP contribution in [0.2, 0.25) is 0 Å². The first kappa shape index (κ1) is 12.6. The van der Waals surface area contributed by atoms with Crippen molar-refractivity contribution in [2.45, 2.75) is 12.3 Å². The zero-order valence-electron chi connectivity index (χ0n) is 8.91. The van der Waals surface area contributed by atoms with Gasteiger partial charge < -0.3 is 9.52 Å². The molecule has 1 unspecified atom stereocenters. The van der Waals surface area contributed by atoms with Crippen molar-refractivity contribution in [3.63, 3.8) is 0 Å². The molecule has 0 amide bonds. The van der Waals surface area contributed by atoms with Gasteiger partial charge in [-0.2, -0.15) is 13.2 Å². The Balaban J connectivity index is 2.44. The van der Waals surface area contributed by atoms with Crippen molar-refractivity contribution in [1.82, 2.24) is 0 Å². The summed E-state index contributed by atoms with van der Waals surface area (Å²) in [5.74, 6) is -0.906. The lowest BCUT2D eigenvalue weighted by Gasteiger charge is -2.13. The van der Waals surface area contributed by atoms with E-state index >= 15 is 0 Å². The number of rotatable bonds is 2. The summed E-state index contributed by atoms with van der Waals surface area (Å²) in [6.45, 7) is 0. The Morgan fingerprint density at radius 3 is 2.44 bits per heavy atom. The van der Waals surface area contributed by atoms with Gasteiger partial charge in [-0.3, -0.25) is 0 Å². The quantitative estimate of drug-likeness (QED) is 0.838. The lowest BCUT2D eigenvalue weighted by Crippen LogP contribution is -2.09. The molecule has 0 bridgehead atoms. The molecule has 0 fully saturated rings. The van der Waals surface area contributed by atoms with Crippen LogP contribution in [0, 0.1) is 5.82 Å². The van der Waals surface area contributed by atoms with Crippen molar-refractivity contribution in [2.75, 3.05) is 0 Å². The highest BCUT2D eigenvalue weighted by Gasteiger charge is 2.32. The minimum atomic E-state index is -4.58. The Morgan fingerprint density at radius 2 is 1.89 bits per heavy atom. The summed E-state index contributed by atoms with van der Waals surface area (Å²) in [4.78, 5) is 0. The van der Waals surface area contributed by atoms with Gasteiger partial charge in [0.05, 0.1) is 18.1 Å². The normalized spacial score (nSPS) is 13.6. The second-order valence-electron chi connectivity index (χ2n) is 3.69. The van der Waals surface area contributed by atoms with Gasteiger partial charge in [0.1, 0.15) is 11.9 Å². The SMILES string of the molecule is OC(c1ccoc1)c1cc(C(F)(F)F)ccc1F. The maximum atomic E-state index is 13.4. The van der Waals surface area contributed by atoms with Gasteiger partial charge >= 0.3 is 6.18 Å². The Bertz CT molecular complexity index is 532. The molecule has 0 saturated carbocycles. The number of aliphatic hydroxyl groups is 1. The Labute approximate surface area is 99.5 Å². The van der Waals surface area contributed by atoms with E-state index < -0.39 is 29.2 Å². The molecule has 0 aliphatic rings. The van der Waals surface area contributed by atoms with Gasteiger partial charge in [0.15, 0.2) is 0 Å². The fourth-order valence-electron chi connectivity index (χ4n) is 1.54. The molecular formula is C12H8F4O2. The number of hydrogen-bond acceptors (Lipinski definition) is 2. The predicted octanol–water partition coefficient (Wildman–Crippen LogP) is 3.52. The summed E-state index contributed by atoms with van der Waals surface area (Å²) in [7, 11) is 0. The summed E-state index contributed by atoms with van der Waals surface area (Å²) < 4.78 is 55.6. The third kappa shape index (κ3) is 2.38. The second kappa shape index (κ2) is 4.45. The number of benzene rings is 1. The van der Waals surface area contributed by atoms with Crippen LogP contribution in [-0.2, 0) is 6.18 Å². The minimum absolute atomic E-state index is 0.188. The molecule has 0 aliphatic carbocycles. The highest BCUT2D eigenvalue weighted by atomic mass is 19.4. The molecule has 6 heteroatoms. The predicted molar refractivity (Wildman–Crippen MR) is 54.2 cm³/mol. The Morgan fingerprint density at radius 1 is 1.17 bits per heavy atom. The molecule has 0 spiro atoms. The molecule has 0 saturated heterocycles. The van der Waals surface area contributed by atoms with E-state index in [-0.39, 0.29) is 5.56 Å². The lowest BCUT2D eigenvalue weighted by molar-refractivity contribution is -0.137. The lowest BCUT2D eigenvalue weighted by atomic mass is 10.0. The van der Waals surface area contributed by atoms with Crippen molar-refractivity contribution in [1.29, 1.82) is 0 Å². The topological polar surface area (TPSA) is 33.4 Å². The van der Waals surface area contributed by atoms with Crippen LogP contribution in [0.15, 0.2) is 41.2 Å². The highest BCUT2D eigenvalue weighted by molar-refractivity contribution is 5.33. The van der Waals surface area contributed by atoms with Crippen molar-refractivity contribution in [3.8, 4) is 0 Å². The van der Waals surface area contributed by atoms with Crippen molar-refractivity contribution in [2.24, 2.45) is 0 Å². The highest BCUT2D eigenvalue weighted by Crippen LogP contribution is 2.33. The molecule has 1 N–H and O–H groups in total. The van der Waals surface area contributed by atoms with Gasteiger partial charge in [-0.15, -0.1) is 0 Å². The molecule has 0 aliphatic heterocycles. The third-order valence-electron chi connectivity index (χ3n) is 2.48. The van der Waals surface area contributed by atoms with E-state index in [1.165, 1.54) is 12.3 Å². The standard InChI is InChI=1S/C12H8F4O2/c13-10-2-1-8(12(14,15)16)5-9(10)11(17)7-3-4-18-6-7/h1-6,11,17H. The van der Waals surface area contributed by atoms with E-state index in [0.717, 1.165) is 6.26 Å². The molecule has 2 rings (SSSR count). The smallest absolute Gasteiger partial charge is 0.416 e. The molecule has 96 valence electrons. The van der Waals surface area contributed by atoms with Crippen LogP contribution in [0.4, 0.5) is 17.6 Å². The molecule has 1 aromatic carbocycles. The Kier molecular flexibility index (Phi) is 3.13. The second-order valence-corrected chi connectivity index (χ2v) is 3.69. The number of aliphatic hydroxyl groups excluding tert-OH is 1. The van der Waals surface area contributed by atoms with Crippen molar-refractivity contribution in [3.05, 3.63) is 59.3 Å². The van der Waals surface area contributed by atoms with E-state index in [9.17, 15) is 22.7 Å². The number of furan rings is 1. The zero-order chi connectivity index (χ0) is 13.3. The molecular weight excluding hydrogens is 252 g/mol. The van der Waals surface area contributed by atoms with Crippen LogP contribution in [-0.4, -0.2) is 5.11 Å². The molecule has 1 atom stereocenters. The van der Waals surface area contributed by atoms with E-state index in [1.54, 1.807) is 0 Å². The molecule has 1 aromatic heterocycles. The van der Waals surface area contributed by atoms with Crippen LogP contribution in [0.3, 0.4) is 0 Å². The first-order valence-electron chi connectivity index (χ1n) is 4.96. The molecule has 2 nitrogen and oxygen atoms in total. The van der Waals surface area contributed by atoms with E-state index in [2.05, 4.69) is 4.42 Å². The van der Waals surface area contributed by atoms with Gasteiger partial charge in [0.25, 0.3) is 0 Å². The largest absolute Gasteiger partial charge is 0.472 e. The number of hydrogen-bond donors (Lipinski definition) is 1. The molecule has 2 aromatic rings.